The fraction of sp³-hybridized carbons (Fsp3) is 0.571. The number of alkyl halides is 2. The Morgan fingerprint density at radius 1 is 1.43 bits per heavy atom. The van der Waals surface area contributed by atoms with Crippen molar-refractivity contribution in [2.45, 2.75) is 25.7 Å². The quantitative estimate of drug-likeness (QED) is 0.856. The van der Waals surface area contributed by atoms with E-state index in [0.29, 0.717) is 18.5 Å². The predicted molar refractivity (Wildman–Crippen MR) is 69.0 cm³/mol. The summed E-state index contributed by atoms with van der Waals surface area (Å²) in [6.45, 7) is 1.38. The van der Waals surface area contributed by atoms with E-state index in [4.69, 9.17) is 4.42 Å². The number of rotatable bonds is 1. The summed E-state index contributed by atoms with van der Waals surface area (Å²) >= 11 is 0. The highest BCUT2D eigenvalue weighted by Crippen LogP contribution is 2.43. The monoisotopic (exact) mass is 298 g/mol. The van der Waals surface area contributed by atoms with E-state index in [1.54, 1.807) is 13.0 Å². The average Bonchev–Trinajstić information content (AvgIpc) is 2.95. The molecule has 0 bridgehead atoms. The maximum absolute atomic E-state index is 14.0. The largest absolute Gasteiger partial charge is 0.459 e. The third-order valence-corrected chi connectivity index (χ3v) is 4.23. The van der Waals surface area contributed by atoms with E-state index in [9.17, 15) is 18.4 Å². The van der Waals surface area contributed by atoms with Crippen LogP contribution in [0.2, 0.25) is 0 Å². The van der Waals surface area contributed by atoms with Crippen molar-refractivity contribution in [3.8, 4) is 0 Å². The molecule has 0 saturated carbocycles. The Labute approximate surface area is 120 Å². The van der Waals surface area contributed by atoms with Gasteiger partial charge in [0.1, 0.15) is 0 Å². The molecule has 21 heavy (non-hydrogen) atoms. The number of amides is 2. The maximum Gasteiger partial charge on any atom is 0.290 e. The molecule has 1 aromatic heterocycles. The lowest BCUT2D eigenvalue weighted by atomic mass is 9.77. The first-order valence-electron chi connectivity index (χ1n) is 6.83. The third kappa shape index (κ3) is 2.30. The molecule has 1 atom stereocenters. The van der Waals surface area contributed by atoms with Crippen molar-refractivity contribution in [3.63, 3.8) is 0 Å². The summed E-state index contributed by atoms with van der Waals surface area (Å²) in [5.74, 6) is -4.00. The lowest BCUT2D eigenvalue weighted by Gasteiger charge is -2.42. The van der Waals surface area contributed by atoms with Gasteiger partial charge in [-0.2, -0.15) is 0 Å². The van der Waals surface area contributed by atoms with Crippen LogP contribution in [0.3, 0.4) is 0 Å². The van der Waals surface area contributed by atoms with Crippen LogP contribution in [0, 0.1) is 12.3 Å². The Morgan fingerprint density at radius 3 is 2.76 bits per heavy atom. The lowest BCUT2D eigenvalue weighted by molar-refractivity contribution is -0.144. The summed E-state index contributed by atoms with van der Waals surface area (Å²) in [7, 11) is 0. The Morgan fingerprint density at radius 2 is 2.19 bits per heavy atom. The maximum atomic E-state index is 14.0. The number of carbonyl (C=O) groups is 2. The first kappa shape index (κ1) is 14.0. The number of likely N-dealkylation sites (tertiary alicyclic amines) is 1. The van der Waals surface area contributed by atoms with E-state index in [-0.39, 0.29) is 12.3 Å². The molecule has 2 aliphatic heterocycles. The SMILES string of the molecule is Cc1ccoc1C(=O)N1CC(F)(F)C[C@]2(CCNC2=O)C1. The highest BCUT2D eigenvalue weighted by molar-refractivity contribution is 5.94. The van der Waals surface area contributed by atoms with Gasteiger partial charge in [-0.25, -0.2) is 8.78 Å². The van der Waals surface area contributed by atoms with Crippen LogP contribution in [-0.4, -0.2) is 42.3 Å². The first-order valence-corrected chi connectivity index (χ1v) is 6.83. The van der Waals surface area contributed by atoms with Crippen molar-refractivity contribution >= 4 is 11.8 Å². The van der Waals surface area contributed by atoms with Crippen LogP contribution in [0.1, 0.15) is 29.0 Å². The van der Waals surface area contributed by atoms with E-state index >= 15 is 0 Å². The van der Waals surface area contributed by atoms with Crippen LogP contribution in [0.25, 0.3) is 0 Å². The summed E-state index contributed by atoms with van der Waals surface area (Å²) in [5.41, 5.74) is -0.587. The van der Waals surface area contributed by atoms with Crippen LogP contribution in [0.5, 0.6) is 0 Å². The topological polar surface area (TPSA) is 62.6 Å². The molecule has 3 heterocycles. The second kappa shape index (κ2) is 4.54. The highest BCUT2D eigenvalue weighted by atomic mass is 19.3. The lowest BCUT2D eigenvalue weighted by Crippen LogP contribution is -2.56. The zero-order valence-electron chi connectivity index (χ0n) is 11.6. The van der Waals surface area contributed by atoms with Crippen molar-refractivity contribution in [2.24, 2.45) is 5.41 Å². The number of carbonyl (C=O) groups excluding carboxylic acids is 2. The zero-order valence-corrected chi connectivity index (χ0v) is 11.6. The molecule has 114 valence electrons. The van der Waals surface area contributed by atoms with Gasteiger partial charge in [0.25, 0.3) is 11.8 Å². The zero-order chi connectivity index (χ0) is 15.3. The number of piperidine rings is 1. The normalized spacial score (nSPS) is 28.0. The smallest absolute Gasteiger partial charge is 0.290 e. The second-order valence-electron chi connectivity index (χ2n) is 5.91. The standard InChI is InChI=1S/C14H16F2N2O3/c1-9-2-5-21-10(9)11(19)18-7-13(3-4-17-12(13)20)6-14(15,16)8-18/h2,5H,3-4,6-8H2,1H3,(H,17,20)/t13-/m1/s1. The minimum Gasteiger partial charge on any atom is -0.459 e. The van der Waals surface area contributed by atoms with Crippen molar-refractivity contribution in [1.29, 1.82) is 0 Å². The van der Waals surface area contributed by atoms with E-state index in [2.05, 4.69) is 5.32 Å². The van der Waals surface area contributed by atoms with Gasteiger partial charge in [0.05, 0.1) is 18.2 Å². The molecular weight excluding hydrogens is 282 g/mol. The Bertz CT molecular complexity index is 599. The summed E-state index contributed by atoms with van der Waals surface area (Å²) in [4.78, 5) is 25.4. The molecule has 2 aliphatic rings. The number of nitrogens with one attached hydrogen (secondary N) is 1. The molecule has 0 aliphatic carbocycles. The Balaban J connectivity index is 1.90. The molecule has 1 N–H and O–H groups in total. The fourth-order valence-electron chi connectivity index (χ4n) is 3.22. The third-order valence-electron chi connectivity index (χ3n) is 4.23. The predicted octanol–water partition coefficient (Wildman–Crippen LogP) is 1.58. The number of hydrogen-bond donors (Lipinski definition) is 1. The van der Waals surface area contributed by atoms with Crippen molar-refractivity contribution in [3.05, 3.63) is 23.7 Å². The molecule has 1 spiro atoms. The van der Waals surface area contributed by atoms with Gasteiger partial charge in [-0.05, 0) is 19.4 Å². The van der Waals surface area contributed by atoms with E-state index < -0.39 is 36.1 Å². The number of furan rings is 1. The molecule has 0 unspecified atom stereocenters. The van der Waals surface area contributed by atoms with Gasteiger partial charge >= 0.3 is 0 Å². The van der Waals surface area contributed by atoms with Gasteiger partial charge in [-0.15, -0.1) is 0 Å². The summed E-state index contributed by atoms with van der Waals surface area (Å²) in [5, 5.41) is 2.59. The minimum absolute atomic E-state index is 0.00734. The van der Waals surface area contributed by atoms with Crippen LogP contribution >= 0.6 is 0 Å². The number of aryl methyl sites for hydroxylation is 1. The average molecular weight is 298 g/mol. The van der Waals surface area contributed by atoms with Gasteiger partial charge in [0.15, 0.2) is 5.76 Å². The summed E-state index contributed by atoms with van der Waals surface area (Å²) in [6, 6.07) is 1.60. The van der Waals surface area contributed by atoms with Crippen LogP contribution in [0.4, 0.5) is 8.78 Å². The molecule has 3 rings (SSSR count). The van der Waals surface area contributed by atoms with Gasteiger partial charge in [-0.1, -0.05) is 0 Å². The molecule has 0 aromatic carbocycles. The molecule has 7 heteroatoms. The molecule has 2 fully saturated rings. The van der Waals surface area contributed by atoms with E-state index in [1.807, 2.05) is 0 Å². The van der Waals surface area contributed by atoms with Gasteiger partial charge in [0.2, 0.25) is 5.91 Å². The van der Waals surface area contributed by atoms with Crippen LogP contribution < -0.4 is 5.32 Å². The summed E-state index contributed by atoms with van der Waals surface area (Å²) in [6.07, 6.45) is 1.16. The summed E-state index contributed by atoms with van der Waals surface area (Å²) < 4.78 is 33.1. The van der Waals surface area contributed by atoms with Gasteiger partial charge in [-0.3, -0.25) is 9.59 Å². The van der Waals surface area contributed by atoms with Crippen LogP contribution in [-0.2, 0) is 4.79 Å². The molecule has 0 radical (unpaired) electrons. The molecular formula is C14H16F2N2O3. The van der Waals surface area contributed by atoms with Gasteiger partial charge in [0, 0.05) is 25.1 Å². The molecule has 5 nitrogen and oxygen atoms in total. The molecule has 2 amide bonds. The van der Waals surface area contributed by atoms with E-state index in [0.717, 1.165) is 4.90 Å². The number of halogens is 2. The van der Waals surface area contributed by atoms with E-state index in [1.165, 1.54) is 6.26 Å². The molecule has 2 saturated heterocycles. The number of nitrogens with zero attached hydrogens (tertiary/aromatic N) is 1. The van der Waals surface area contributed by atoms with Gasteiger partial charge < -0.3 is 14.6 Å². The van der Waals surface area contributed by atoms with Crippen LogP contribution in [0.15, 0.2) is 16.7 Å². The fourth-order valence-corrected chi connectivity index (χ4v) is 3.22. The Hall–Kier alpha value is -1.92. The van der Waals surface area contributed by atoms with Crippen molar-refractivity contribution in [1.82, 2.24) is 10.2 Å². The molecule has 1 aromatic rings. The van der Waals surface area contributed by atoms with Crippen molar-refractivity contribution < 1.29 is 22.8 Å². The Kier molecular flexibility index (Phi) is 3.04. The van der Waals surface area contributed by atoms with Crippen molar-refractivity contribution in [2.75, 3.05) is 19.6 Å². The minimum atomic E-state index is -3.07. The number of hydrogen-bond acceptors (Lipinski definition) is 3. The first-order chi connectivity index (χ1) is 9.83. The highest BCUT2D eigenvalue weighted by Gasteiger charge is 2.56. The second-order valence-corrected chi connectivity index (χ2v) is 5.91.